The summed E-state index contributed by atoms with van der Waals surface area (Å²) < 4.78 is 0. The van der Waals surface area contributed by atoms with Gasteiger partial charge in [0.05, 0.1) is 12.1 Å². The monoisotopic (exact) mass is 459 g/mol. The first-order valence-electron chi connectivity index (χ1n) is 11.8. The molecule has 0 aliphatic rings. The standard InChI is InChI=1S/C27H45N3O3/c1-18(2)21(16-19(3)25(32)33)30(10)24(31)23(26(4,5)6)29-17-22(28-9)27(7,8)20-14-12-11-13-15-20/h11-16,18,21-23,28-29H,17H2,1-10H3,(H,32,33)/b19-16+/t21-,22+,23-/m1/s1. The SMILES string of the molecule is CN[C@@H](CN[C@H](C(=O)N(C)[C@H](/C=C(\C)C(=O)O)C(C)C)C(C)(C)C)C(C)(C)c1ccccc1. The molecule has 33 heavy (non-hydrogen) atoms. The molecular formula is C27H45N3O3. The summed E-state index contributed by atoms with van der Waals surface area (Å²) in [6.45, 7) is 16.7. The maximum atomic E-state index is 13.7. The highest BCUT2D eigenvalue weighted by atomic mass is 16.4. The van der Waals surface area contributed by atoms with Gasteiger partial charge in [0.2, 0.25) is 5.91 Å². The quantitative estimate of drug-likeness (QED) is 0.435. The summed E-state index contributed by atoms with van der Waals surface area (Å²) in [4.78, 5) is 26.7. The summed E-state index contributed by atoms with van der Waals surface area (Å²) in [5.41, 5.74) is 1.00. The Morgan fingerprint density at radius 1 is 1.09 bits per heavy atom. The van der Waals surface area contributed by atoms with Gasteiger partial charge in [0, 0.05) is 30.6 Å². The fourth-order valence-corrected chi connectivity index (χ4v) is 4.22. The lowest BCUT2D eigenvalue weighted by atomic mass is 9.77. The molecule has 1 aromatic carbocycles. The molecule has 1 aromatic rings. The van der Waals surface area contributed by atoms with E-state index < -0.39 is 12.0 Å². The molecule has 6 nitrogen and oxygen atoms in total. The average Bonchev–Trinajstić information content (AvgIpc) is 2.73. The molecule has 3 atom stereocenters. The zero-order valence-electron chi connectivity index (χ0n) is 22.2. The van der Waals surface area contributed by atoms with Gasteiger partial charge in [-0.2, -0.15) is 0 Å². The summed E-state index contributed by atoms with van der Waals surface area (Å²) in [5, 5.41) is 16.3. The van der Waals surface area contributed by atoms with Gasteiger partial charge in [0.1, 0.15) is 0 Å². The Balaban J connectivity index is 3.15. The highest BCUT2D eigenvalue weighted by Gasteiger charge is 2.37. The molecule has 0 bridgehead atoms. The van der Waals surface area contributed by atoms with E-state index in [9.17, 15) is 14.7 Å². The van der Waals surface area contributed by atoms with Gasteiger partial charge < -0.3 is 20.6 Å². The number of aliphatic carboxylic acids is 1. The Hall–Kier alpha value is -2.18. The fourth-order valence-electron chi connectivity index (χ4n) is 4.22. The van der Waals surface area contributed by atoms with E-state index in [2.05, 4.69) is 57.4 Å². The normalized spacial score (nSPS) is 15.8. The number of carboxylic acid groups (broad SMARTS) is 1. The number of carbonyl (C=O) groups excluding carboxylic acids is 1. The van der Waals surface area contributed by atoms with Gasteiger partial charge in [-0.05, 0) is 30.9 Å². The van der Waals surface area contributed by atoms with E-state index in [1.807, 2.05) is 39.1 Å². The average molecular weight is 460 g/mol. The molecule has 0 heterocycles. The Kier molecular flexibility index (Phi) is 10.3. The highest BCUT2D eigenvalue weighted by molar-refractivity contribution is 5.86. The summed E-state index contributed by atoms with van der Waals surface area (Å²) in [7, 11) is 3.72. The van der Waals surface area contributed by atoms with E-state index in [0.29, 0.717) is 6.54 Å². The highest BCUT2D eigenvalue weighted by Crippen LogP contribution is 2.28. The first kappa shape index (κ1) is 28.9. The minimum atomic E-state index is -0.966. The van der Waals surface area contributed by atoms with Gasteiger partial charge in [0.25, 0.3) is 0 Å². The van der Waals surface area contributed by atoms with Gasteiger partial charge in [-0.15, -0.1) is 0 Å². The van der Waals surface area contributed by atoms with Crippen LogP contribution in [0.15, 0.2) is 42.0 Å². The minimum Gasteiger partial charge on any atom is -0.478 e. The number of amides is 1. The molecule has 0 spiro atoms. The second-order valence-corrected chi connectivity index (χ2v) is 11.0. The first-order chi connectivity index (χ1) is 15.1. The molecular weight excluding hydrogens is 414 g/mol. The van der Waals surface area contributed by atoms with E-state index in [1.54, 1.807) is 24.9 Å². The molecule has 0 aromatic heterocycles. The van der Waals surface area contributed by atoms with Crippen molar-refractivity contribution in [2.75, 3.05) is 20.6 Å². The molecule has 6 heteroatoms. The minimum absolute atomic E-state index is 0.0389. The zero-order chi connectivity index (χ0) is 25.6. The van der Waals surface area contributed by atoms with Crippen molar-refractivity contribution in [2.45, 2.75) is 78.9 Å². The van der Waals surface area contributed by atoms with Crippen LogP contribution in [-0.2, 0) is 15.0 Å². The molecule has 0 radical (unpaired) electrons. The van der Waals surface area contributed by atoms with E-state index in [1.165, 1.54) is 5.56 Å². The Morgan fingerprint density at radius 3 is 2.06 bits per heavy atom. The van der Waals surface area contributed by atoms with Crippen molar-refractivity contribution in [1.29, 1.82) is 0 Å². The molecule has 0 unspecified atom stereocenters. The predicted molar refractivity (Wildman–Crippen MR) is 136 cm³/mol. The first-order valence-corrected chi connectivity index (χ1v) is 11.8. The number of hydrogen-bond acceptors (Lipinski definition) is 4. The second-order valence-electron chi connectivity index (χ2n) is 11.0. The number of carboxylic acids is 1. The lowest BCUT2D eigenvalue weighted by Crippen LogP contribution is -2.59. The Morgan fingerprint density at radius 2 is 1.64 bits per heavy atom. The number of likely N-dealkylation sites (N-methyl/N-ethyl adjacent to an activating group) is 2. The van der Waals surface area contributed by atoms with Gasteiger partial charge in [0.15, 0.2) is 0 Å². The molecule has 1 rings (SSSR count). The van der Waals surface area contributed by atoms with Crippen LogP contribution in [0.2, 0.25) is 0 Å². The van der Waals surface area contributed by atoms with E-state index in [4.69, 9.17) is 0 Å². The van der Waals surface area contributed by atoms with Gasteiger partial charge in [-0.25, -0.2) is 4.79 Å². The van der Waals surface area contributed by atoms with Crippen molar-refractivity contribution in [3.8, 4) is 0 Å². The summed E-state index contributed by atoms with van der Waals surface area (Å²) in [6.07, 6.45) is 1.68. The smallest absolute Gasteiger partial charge is 0.331 e. The van der Waals surface area contributed by atoms with Crippen LogP contribution in [0.4, 0.5) is 0 Å². The maximum absolute atomic E-state index is 13.7. The molecule has 0 fully saturated rings. The number of nitrogens with one attached hydrogen (secondary N) is 2. The third kappa shape index (κ3) is 7.68. The molecule has 0 aliphatic carbocycles. The lowest BCUT2D eigenvalue weighted by Gasteiger charge is -2.40. The molecule has 1 amide bonds. The third-order valence-electron chi connectivity index (χ3n) is 6.61. The van der Waals surface area contributed by atoms with Crippen LogP contribution in [0.5, 0.6) is 0 Å². The molecule has 3 N–H and O–H groups in total. The van der Waals surface area contributed by atoms with Crippen LogP contribution >= 0.6 is 0 Å². The van der Waals surface area contributed by atoms with E-state index in [-0.39, 0.29) is 40.3 Å². The molecule has 0 saturated carbocycles. The summed E-state index contributed by atoms with van der Waals surface area (Å²) >= 11 is 0. The molecule has 0 saturated heterocycles. The van der Waals surface area contributed by atoms with Gasteiger partial charge in [-0.1, -0.05) is 84.9 Å². The van der Waals surface area contributed by atoms with Crippen molar-refractivity contribution >= 4 is 11.9 Å². The molecule has 186 valence electrons. The van der Waals surface area contributed by atoms with Gasteiger partial charge >= 0.3 is 5.97 Å². The predicted octanol–water partition coefficient (Wildman–Crippen LogP) is 4.07. The Labute approximate surface area is 200 Å². The van der Waals surface area contributed by atoms with Crippen LogP contribution in [0.25, 0.3) is 0 Å². The van der Waals surface area contributed by atoms with E-state index in [0.717, 1.165) is 0 Å². The van der Waals surface area contributed by atoms with Crippen LogP contribution in [0.3, 0.4) is 0 Å². The number of benzene rings is 1. The zero-order valence-corrected chi connectivity index (χ0v) is 22.2. The molecule has 0 aliphatic heterocycles. The van der Waals surface area contributed by atoms with Crippen molar-refractivity contribution < 1.29 is 14.7 Å². The van der Waals surface area contributed by atoms with E-state index >= 15 is 0 Å². The number of carbonyl (C=O) groups is 2. The topological polar surface area (TPSA) is 81.7 Å². The number of nitrogens with zero attached hydrogens (tertiary/aromatic N) is 1. The third-order valence-corrected chi connectivity index (χ3v) is 6.61. The van der Waals surface area contributed by atoms with Gasteiger partial charge in [-0.3, -0.25) is 4.79 Å². The second kappa shape index (κ2) is 11.8. The maximum Gasteiger partial charge on any atom is 0.331 e. The lowest BCUT2D eigenvalue weighted by molar-refractivity contribution is -0.137. The van der Waals surface area contributed by atoms with Crippen molar-refractivity contribution in [2.24, 2.45) is 11.3 Å². The van der Waals surface area contributed by atoms with Crippen LogP contribution in [0, 0.1) is 11.3 Å². The van der Waals surface area contributed by atoms with Crippen molar-refractivity contribution in [3.63, 3.8) is 0 Å². The van der Waals surface area contributed by atoms with Crippen molar-refractivity contribution in [1.82, 2.24) is 15.5 Å². The van der Waals surface area contributed by atoms with Crippen LogP contribution < -0.4 is 10.6 Å². The summed E-state index contributed by atoms with van der Waals surface area (Å²) in [5.74, 6) is -0.925. The van der Waals surface area contributed by atoms with Crippen molar-refractivity contribution in [3.05, 3.63) is 47.5 Å². The Bertz CT molecular complexity index is 810. The van der Waals surface area contributed by atoms with Crippen LogP contribution in [-0.4, -0.2) is 60.6 Å². The largest absolute Gasteiger partial charge is 0.478 e. The summed E-state index contributed by atoms with van der Waals surface area (Å²) in [6, 6.07) is 9.74. The fraction of sp³-hybridized carbons (Fsp3) is 0.630. The number of rotatable bonds is 11. The van der Waals surface area contributed by atoms with Crippen LogP contribution in [0.1, 0.15) is 61.0 Å². The number of hydrogen-bond donors (Lipinski definition) is 3.